The van der Waals surface area contributed by atoms with Crippen molar-refractivity contribution in [3.63, 3.8) is 0 Å². The summed E-state index contributed by atoms with van der Waals surface area (Å²) in [4.78, 5) is 17.5. The van der Waals surface area contributed by atoms with Crippen LogP contribution in [0, 0.1) is 12.8 Å². The van der Waals surface area contributed by atoms with Crippen LogP contribution in [0.15, 0.2) is 48.5 Å². The van der Waals surface area contributed by atoms with Crippen LogP contribution in [0.4, 0.5) is 0 Å². The van der Waals surface area contributed by atoms with Crippen LogP contribution in [-0.2, 0) is 17.6 Å². The number of nitrogens with zero attached hydrogens (tertiary/aromatic N) is 2. The summed E-state index contributed by atoms with van der Waals surface area (Å²) in [6, 6.07) is 17.2. The molecule has 0 atom stereocenters. The molecular weight excluding hydrogens is 392 g/mol. The van der Waals surface area contributed by atoms with Crippen LogP contribution in [0.25, 0.3) is 0 Å². The number of carbonyl (C=O) groups is 1. The number of hydrogen-bond acceptors (Lipinski definition) is 2. The van der Waals surface area contributed by atoms with Crippen LogP contribution in [0.3, 0.4) is 0 Å². The van der Waals surface area contributed by atoms with E-state index in [1.807, 2.05) is 18.2 Å². The van der Waals surface area contributed by atoms with Gasteiger partial charge in [0.2, 0.25) is 5.91 Å². The third kappa shape index (κ3) is 5.44. The molecule has 3 nitrogen and oxygen atoms in total. The highest BCUT2D eigenvalue weighted by atomic mass is 35.5. The molecule has 0 N–H and O–H groups in total. The van der Waals surface area contributed by atoms with Gasteiger partial charge >= 0.3 is 0 Å². The fourth-order valence-electron chi connectivity index (χ4n) is 5.08. The van der Waals surface area contributed by atoms with Crippen LogP contribution in [0.5, 0.6) is 0 Å². The molecule has 30 heavy (non-hydrogen) atoms. The van der Waals surface area contributed by atoms with Crippen molar-refractivity contribution in [3.8, 4) is 0 Å². The number of carbonyl (C=O) groups excluding carboxylic acids is 1. The Hall–Kier alpha value is -1.84. The van der Waals surface area contributed by atoms with Crippen LogP contribution in [0.1, 0.15) is 42.4 Å². The molecular formula is C26H33ClN2O. The molecule has 0 aromatic heterocycles. The number of rotatable bonds is 5. The normalized spacial score (nSPS) is 19.2. The molecule has 0 saturated carbocycles. The number of piperidine rings is 2. The van der Waals surface area contributed by atoms with Crippen molar-refractivity contribution in [2.45, 2.75) is 51.5 Å². The molecule has 2 aliphatic heterocycles. The average Bonchev–Trinajstić information content (AvgIpc) is 2.76. The van der Waals surface area contributed by atoms with Gasteiger partial charge in [0.25, 0.3) is 0 Å². The van der Waals surface area contributed by atoms with Gasteiger partial charge in [0.1, 0.15) is 0 Å². The molecule has 4 rings (SSSR count). The van der Waals surface area contributed by atoms with E-state index in [1.54, 1.807) is 0 Å². The highest BCUT2D eigenvalue weighted by molar-refractivity contribution is 6.30. The maximum atomic E-state index is 12.7. The fraction of sp³-hybridized carbons (Fsp3) is 0.500. The average molecular weight is 425 g/mol. The molecule has 0 unspecified atom stereocenters. The summed E-state index contributed by atoms with van der Waals surface area (Å²) >= 11 is 6.14. The van der Waals surface area contributed by atoms with E-state index in [-0.39, 0.29) is 5.91 Å². The molecule has 2 aromatic rings. The summed E-state index contributed by atoms with van der Waals surface area (Å²) in [7, 11) is 0. The van der Waals surface area contributed by atoms with Crippen molar-refractivity contribution in [1.82, 2.24) is 9.80 Å². The number of benzene rings is 2. The van der Waals surface area contributed by atoms with Crippen LogP contribution < -0.4 is 0 Å². The molecule has 2 heterocycles. The summed E-state index contributed by atoms with van der Waals surface area (Å²) in [5.41, 5.74) is 3.73. The fourth-order valence-corrected chi connectivity index (χ4v) is 5.30. The quantitative estimate of drug-likeness (QED) is 0.663. The number of hydrogen-bond donors (Lipinski definition) is 0. The standard InChI is InChI=1S/C26H33ClN2O/c1-20-5-2-3-7-23(20)19-26(30)29-15-11-25(12-16-29)28-13-9-21(10-14-28)17-22-6-4-8-24(27)18-22/h2-8,18,21,25H,9-17,19H2,1H3. The van der Waals surface area contributed by atoms with E-state index in [4.69, 9.17) is 11.6 Å². The first kappa shape index (κ1) is 21.4. The van der Waals surface area contributed by atoms with Crippen molar-refractivity contribution >= 4 is 17.5 Å². The smallest absolute Gasteiger partial charge is 0.227 e. The number of amides is 1. The van der Waals surface area contributed by atoms with Crippen molar-refractivity contribution < 1.29 is 4.79 Å². The Kier molecular flexibility index (Phi) is 7.12. The molecule has 1 amide bonds. The lowest BCUT2D eigenvalue weighted by Crippen LogP contribution is -2.49. The summed E-state index contributed by atoms with van der Waals surface area (Å²) in [5, 5.41) is 0.841. The monoisotopic (exact) mass is 424 g/mol. The second-order valence-corrected chi connectivity index (χ2v) is 9.47. The van der Waals surface area contributed by atoms with Crippen molar-refractivity contribution in [2.75, 3.05) is 26.2 Å². The highest BCUT2D eigenvalue weighted by Gasteiger charge is 2.29. The molecule has 2 aliphatic rings. The van der Waals surface area contributed by atoms with E-state index in [9.17, 15) is 4.79 Å². The lowest BCUT2D eigenvalue weighted by Gasteiger charge is -2.42. The first-order chi connectivity index (χ1) is 14.6. The zero-order valence-corrected chi connectivity index (χ0v) is 18.8. The van der Waals surface area contributed by atoms with Crippen molar-refractivity contribution in [2.24, 2.45) is 5.92 Å². The maximum absolute atomic E-state index is 12.7. The predicted molar refractivity (Wildman–Crippen MR) is 124 cm³/mol. The van der Waals surface area contributed by atoms with Gasteiger partial charge in [-0.3, -0.25) is 4.79 Å². The molecule has 0 radical (unpaired) electrons. The van der Waals surface area contributed by atoms with Gasteiger partial charge in [0, 0.05) is 24.2 Å². The van der Waals surface area contributed by atoms with E-state index in [0.717, 1.165) is 48.9 Å². The number of likely N-dealkylation sites (tertiary alicyclic amines) is 2. The minimum Gasteiger partial charge on any atom is -0.342 e. The van der Waals surface area contributed by atoms with Gasteiger partial charge in [-0.05, 0) is 86.9 Å². The summed E-state index contributed by atoms with van der Waals surface area (Å²) in [6.45, 7) is 6.26. The van der Waals surface area contributed by atoms with Gasteiger partial charge in [-0.1, -0.05) is 48.0 Å². The Morgan fingerprint density at radius 3 is 2.40 bits per heavy atom. The molecule has 0 spiro atoms. The minimum atomic E-state index is 0.281. The largest absolute Gasteiger partial charge is 0.342 e. The summed E-state index contributed by atoms with van der Waals surface area (Å²) in [6.07, 6.45) is 6.42. The van der Waals surface area contributed by atoms with E-state index in [1.165, 1.54) is 37.1 Å². The zero-order chi connectivity index (χ0) is 20.9. The zero-order valence-electron chi connectivity index (χ0n) is 18.0. The molecule has 2 aromatic carbocycles. The first-order valence-electron chi connectivity index (χ1n) is 11.4. The van der Waals surface area contributed by atoms with E-state index in [2.05, 4.69) is 47.1 Å². The van der Waals surface area contributed by atoms with Gasteiger partial charge in [0.15, 0.2) is 0 Å². The van der Waals surface area contributed by atoms with Crippen molar-refractivity contribution in [3.05, 3.63) is 70.2 Å². The molecule has 2 fully saturated rings. The lowest BCUT2D eigenvalue weighted by molar-refractivity contribution is -0.132. The first-order valence-corrected chi connectivity index (χ1v) is 11.8. The summed E-state index contributed by atoms with van der Waals surface area (Å²) < 4.78 is 0. The van der Waals surface area contributed by atoms with E-state index < -0.39 is 0 Å². The highest BCUT2D eigenvalue weighted by Crippen LogP contribution is 2.27. The number of aryl methyl sites for hydroxylation is 1. The van der Waals surface area contributed by atoms with Gasteiger partial charge in [-0.25, -0.2) is 0 Å². The molecule has 2 saturated heterocycles. The van der Waals surface area contributed by atoms with E-state index in [0.29, 0.717) is 12.5 Å². The third-order valence-electron chi connectivity index (χ3n) is 7.00. The molecule has 4 heteroatoms. The number of halogens is 1. The van der Waals surface area contributed by atoms with Crippen molar-refractivity contribution in [1.29, 1.82) is 0 Å². The van der Waals surface area contributed by atoms with E-state index >= 15 is 0 Å². The second kappa shape index (κ2) is 9.98. The predicted octanol–water partition coefficient (Wildman–Crippen LogP) is 5.14. The third-order valence-corrected chi connectivity index (χ3v) is 7.23. The molecule has 0 bridgehead atoms. The Balaban J connectivity index is 1.21. The molecule has 0 aliphatic carbocycles. The van der Waals surface area contributed by atoms with Gasteiger partial charge in [0.05, 0.1) is 6.42 Å². The lowest BCUT2D eigenvalue weighted by atomic mass is 9.88. The topological polar surface area (TPSA) is 23.6 Å². The molecule has 160 valence electrons. The van der Waals surface area contributed by atoms with Crippen LogP contribution in [0.2, 0.25) is 5.02 Å². The second-order valence-electron chi connectivity index (χ2n) is 9.03. The van der Waals surface area contributed by atoms with Crippen LogP contribution >= 0.6 is 11.6 Å². The van der Waals surface area contributed by atoms with Gasteiger partial charge in [-0.15, -0.1) is 0 Å². The Bertz CT molecular complexity index is 852. The van der Waals surface area contributed by atoms with Gasteiger partial charge in [-0.2, -0.15) is 0 Å². The maximum Gasteiger partial charge on any atom is 0.227 e. The Labute approximate surface area is 186 Å². The summed E-state index contributed by atoms with van der Waals surface area (Å²) in [5.74, 6) is 1.04. The van der Waals surface area contributed by atoms with Gasteiger partial charge < -0.3 is 9.80 Å². The Morgan fingerprint density at radius 2 is 1.70 bits per heavy atom. The minimum absolute atomic E-state index is 0.281. The van der Waals surface area contributed by atoms with Crippen LogP contribution in [-0.4, -0.2) is 47.9 Å². The Morgan fingerprint density at radius 1 is 0.967 bits per heavy atom. The SMILES string of the molecule is Cc1ccccc1CC(=O)N1CCC(N2CCC(Cc3cccc(Cl)c3)CC2)CC1.